The number of aliphatic imine (C=N–C) groups is 2. The van der Waals surface area contributed by atoms with E-state index in [1.165, 1.54) is 48.6 Å². The van der Waals surface area contributed by atoms with Crippen LogP contribution in [-0.2, 0) is 9.59 Å². The number of urea groups is 1. The lowest BCUT2D eigenvalue weighted by molar-refractivity contribution is 0.256. The summed E-state index contributed by atoms with van der Waals surface area (Å²) in [6, 6.07) is 7.86. The van der Waals surface area contributed by atoms with E-state index < -0.39 is 6.03 Å². The Hall–Kier alpha value is -2.95. The van der Waals surface area contributed by atoms with E-state index in [9.17, 15) is 14.4 Å². The zero-order chi connectivity index (χ0) is 17.7. The van der Waals surface area contributed by atoms with Gasteiger partial charge in [0.05, 0.1) is 32.8 Å². The Morgan fingerprint density at radius 3 is 1.67 bits per heavy atom. The van der Waals surface area contributed by atoms with Crippen molar-refractivity contribution in [1.29, 1.82) is 0 Å². The number of benzene rings is 2. The Bertz CT molecular complexity index is 836. The van der Waals surface area contributed by atoms with Crippen LogP contribution in [0.1, 0.15) is 0 Å². The molecule has 2 N–H and O–H groups in total. The van der Waals surface area contributed by atoms with Gasteiger partial charge in [0, 0.05) is 0 Å². The van der Waals surface area contributed by atoms with E-state index in [0.29, 0.717) is 11.4 Å². The smallest absolute Gasteiger partial charge is 0.323 e. The van der Waals surface area contributed by atoms with Gasteiger partial charge < -0.3 is 5.73 Å². The first-order valence-electron chi connectivity index (χ1n) is 6.32. The minimum absolute atomic E-state index is 0.121. The molecule has 0 bridgehead atoms. The number of amides is 2. The molecule has 0 unspecified atom stereocenters. The molecule has 0 radical (unpaired) electrons. The molecule has 2 rings (SSSR count). The summed E-state index contributed by atoms with van der Waals surface area (Å²) in [5, 5.41) is 0.405. The fourth-order valence-electron chi connectivity index (χ4n) is 1.95. The molecule has 0 aromatic heterocycles. The van der Waals surface area contributed by atoms with Crippen LogP contribution in [0.5, 0.6) is 0 Å². The number of hydrogen-bond acceptors (Lipinski definition) is 5. The standard InChI is InChI=1S/C15H8Cl2N4O3/c16-11-3-1-9(5-13(11)19-7-22)21(15(18)24)10-2-4-12(17)14(6-10)20-8-23/h1-6H,(H2,18,24). The number of hydrogen-bond donors (Lipinski definition) is 1. The van der Waals surface area contributed by atoms with Gasteiger partial charge in [-0.05, 0) is 36.4 Å². The van der Waals surface area contributed by atoms with Crippen LogP contribution < -0.4 is 10.6 Å². The minimum Gasteiger partial charge on any atom is -0.351 e. The molecule has 120 valence electrons. The molecule has 2 aromatic carbocycles. The molecule has 7 nitrogen and oxygen atoms in total. The van der Waals surface area contributed by atoms with E-state index in [0.717, 1.165) is 4.90 Å². The lowest BCUT2D eigenvalue weighted by Gasteiger charge is -2.21. The average Bonchev–Trinajstić information content (AvgIpc) is 2.54. The molecule has 2 amide bonds. The highest BCUT2D eigenvalue weighted by molar-refractivity contribution is 6.33. The average molecular weight is 363 g/mol. The van der Waals surface area contributed by atoms with Crippen molar-refractivity contribution in [3.63, 3.8) is 0 Å². The summed E-state index contributed by atoms with van der Waals surface area (Å²) in [7, 11) is 0. The SMILES string of the molecule is NC(=O)N(c1ccc(Cl)c(N=C=O)c1)c1ccc(Cl)c(N=C=O)c1. The second-order valence-electron chi connectivity index (χ2n) is 4.35. The van der Waals surface area contributed by atoms with Gasteiger partial charge in [-0.25, -0.2) is 14.4 Å². The Morgan fingerprint density at radius 2 is 1.33 bits per heavy atom. The zero-order valence-electron chi connectivity index (χ0n) is 11.9. The fraction of sp³-hybridized carbons (Fsp3) is 0. The summed E-state index contributed by atoms with van der Waals surface area (Å²) in [5.41, 5.74) is 6.26. The Balaban J connectivity index is 2.61. The van der Waals surface area contributed by atoms with Crippen LogP contribution in [0.2, 0.25) is 10.0 Å². The molecule has 0 aliphatic carbocycles. The van der Waals surface area contributed by atoms with Gasteiger partial charge in [0.1, 0.15) is 0 Å². The first-order valence-corrected chi connectivity index (χ1v) is 7.08. The maximum Gasteiger partial charge on any atom is 0.323 e. The van der Waals surface area contributed by atoms with Crippen molar-refractivity contribution in [1.82, 2.24) is 0 Å². The summed E-state index contributed by atoms with van der Waals surface area (Å²) >= 11 is 11.8. The molecule has 0 fully saturated rings. The molecule has 0 saturated carbocycles. The number of isocyanates is 2. The van der Waals surface area contributed by atoms with Crippen LogP contribution >= 0.6 is 23.2 Å². The van der Waals surface area contributed by atoms with Crippen LogP contribution in [0.3, 0.4) is 0 Å². The van der Waals surface area contributed by atoms with Crippen molar-refractivity contribution in [3.05, 3.63) is 46.4 Å². The summed E-state index contributed by atoms with van der Waals surface area (Å²) in [6.45, 7) is 0. The number of nitrogens with zero attached hydrogens (tertiary/aromatic N) is 3. The molecule has 0 aliphatic heterocycles. The number of primary amides is 1. The van der Waals surface area contributed by atoms with Gasteiger partial charge >= 0.3 is 6.03 Å². The molecule has 9 heteroatoms. The number of nitrogens with two attached hydrogens (primary N) is 1. The highest BCUT2D eigenvalue weighted by atomic mass is 35.5. The van der Waals surface area contributed by atoms with E-state index in [1.807, 2.05) is 0 Å². The van der Waals surface area contributed by atoms with Crippen LogP contribution in [0.15, 0.2) is 46.4 Å². The van der Waals surface area contributed by atoms with Gasteiger partial charge in [-0.3, -0.25) is 4.90 Å². The molecule has 0 heterocycles. The number of carbonyl (C=O) groups excluding carboxylic acids is 3. The van der Waals surface area contributed by atoms with Gasteiger partial charge in [0.15, 0.2) is 0 Å². The van der Waals surface area contributed by atoms with Crippen molar-refractivity contribution in [3.8, 4) is 0 Å². The second kappa shape index (κ2) is 7.55. The summed E-state index contributed by atoms with van der Waals surface area (Å²) in [6.07, 6.45) is 2.75. The van der Waals surface area contributed by atoms with Crippen LogP contribution in [0.4, 0.5) is 27.5 Å². The molecular formula is C15H8Cl2N4O3. The van der Waals surface area contributed by atoms with Gasteiger partial charge in [-0.2, -0.15) is 9.98 Å². The number of anilines is 2. The Kier molecular flexibility index (Phi) is 5.47. The first kappa shape index (κ1) is 17.4. The van der Waals surface area contributed by atoms with Gasteiger partial charge in [-0.15, -0.1) is 0 Å². The van der Waals surface area contributed by atoms with Crippen molar-refractivity contribution >= 4 is 64.1 Å². The van der Waals surface area contributed by atoms with Crippen LogP contribution in [0.25, 0.3) is 0 Å². The fourth-order valence-corrected chi connectivity index (χ4v) is 2.27. The van der Waals surface area contributed by atoms with Crippen molar-refractivity contribution < 1.29 is 14.4 Å². The minimum atomic E-state index is -0.818. The predicted molar refractivity (Wildman–Crippen MR) is 90.2 cm³/mol. The molecule has 0 spiro atoms. The zero-order valence-corrected chi connectivity index (χ0v) is 13.4. The highest BCUT2D eigenvalue weighted by Crippen LogP contribution is 2.36. The van der Waals surface area contributed by atoms with E-state index in [4.69, 9.17) is 28.9 Å². The topological polar surface area (TPSA) is 105 Å². The summed E-state index contributed by atoms with van der Waals surface area (Å²) in [4.78, 5) is 40.8. The number of carbonyl (C=O) groups is 1. The van der Waals surface area contributed by atoms with Gasteiger partial charge in [0.25, 0.3) is 0 Å². The largest absolute Gasteiger partial charge is 0.351 e. The van der Waals surface area contributed by atoms with Crippen LogP contribution in [-0.4, -0.2) is 18.2 Å². The van der Waals surface area contributed by atoms with E-state index >= 15 is 0 Å². The molecule has 0 atom stereocenters. The summed E-state index contributed by atoms with van der Waals surface area (Å²) < 4.78 is 0. The maximum absolute atomic E-state index is 11.9. The lowest BCUT2D eigenvalue weighted by atomic mass is 10.2. The van der Waals surface area contributed by atoms with Crippen LogP contribution in [0, 0.1) is 0 Å². The molecule has 24 heavy (non-hydrogen) atoms. The third-order valence-corrected chi connectivity index (χ3v) is 3.57. The molecule has 0 aliphatic rings. The van der Waals surface area contributed by atoms with E-state index in [2.05, 4.69) is 9.98 Å². The monoisotopic (exact) mass is 362 g/mol. The number of rotatable bonds is 4. The van der Waals surface area contributed by atoms with Crippen molar-refractivity contribution in [2.24, 2.45) is 15.7 Å². The third-order valence-electron chi connectivity index (χ3n) is 2.93. The predicted octanol–water partition coefficient (Wildman–Crippen LogP) is 4.14. The molecule has 0 saturated heterocycles. The highest BCUT2D eigenvalue weighted by Gasteiger charge is 2.18. The van der Waals surface area contributed by atoms with Crippen molar-refractivity contribution in [2.75, 3.05) is 4.90 Å². The summed E-state index contributed by atoms with van der Waals surface area (Å²) in [5.74, 6) is 0. The Morgan fingerprint density at radius 1 is 0.917 bits per heavy atom. The quantitative estimate of drug-likeness (QED) is 0.652. The maximum atomic E-state index is 11.9. The molecular weight excluding hydrogens is 355 g/mol. The second-order valence-corrected chi connectivity index (χ2v) is 5.17. The lowest BCUT2D eigenvalue weighted by Crippen LogP contribution is -2.31. The van der Waals surface area contributed by atoms with Crippen molar-refractivity contribution in [2.45, 2.75) is 0 Å². The normalized spacial score (nSPS) is 9.58. The Labute approximate surface area is 146 Å². The van der Waals surface area contributed by atoms with Gasteiger partial charge in [0.2, 0.25) is 12.2 Å². The first-order chi connectivity index (χ1) is 11.5. The van der Waals surface area contributed by atoms with E-state index in [1.54, 1.807) is 0 Å². The van der Waals surface area contributed by atoms with Gasteiger partial charge in [-0.1, -0.05) is 23.2 Å². The number of halogens is 2. The molecule has 2 aromatic rings. The van der Waals surface area contributed by atoms with E-state index in [-0.39, 0.29) is 21.4 Å². The third kappa shape index (κ3) is 3.68.